The van der Waals surface area contributed by atoms with Crippen molar-refractivity contribution in [3.05, 3.63) is 0 Å². The second-order valence-electron chi connectivity index (χ2n) is 4.86. The van der Waals surface area contributed by atoms with E-state index in [0.29, 0.717) is 13.0 Å². The molecule has 3 nitrogen and oxygen atoms in total. The molecule has 0 fully saturated rings. The summed E-state index contributed by atoms with van der Waals surface area (Å²) in [6.07, 6.45) is 9.58. The minimum Gasteiger partial charge on any atom is -0.466 e. The SMILES string of the molecule is CCCCCCCCOC(=O)CCCC(C)N. The highest BCUT2D eigenvalue weighted by Crippen LogP contribution is 2.06. The van der Waals surface area contributed by atoms with Crippen molar-refractivity contribution in [1.29, 1.82) is 0 Å². The van der Waals surface area contributed by atoms with E-state index in [1.54, 1.807) is 0 Å². The molecule has 1 atom stereocenters. The quantitative estimate of drug-likeness (QED) is 0.447. The summed E-state index contributed by atoms with van der Waals surface area (Å²) in [5.41, 5.74) is 5.61. The van der Waals surface area contributed by atoms with E-state index < -0.39 is 0 Å². The lowest BCUT2D eigenvalue weighted by Gasteiger charge is -2.06. The molecule has 2 N–H and O–H groups in total. The first kappa shape index (κ1) is 16.4. The molecule has 0 aromatic heterocycles. The van der Waals surface area contributed by atoms with E-state index in [1.807, 2.05) is 6.92 Å². The Hall–Kier alpha value is -0.570. The lowest BCUT2D eigenvalue weighted by atomic mass is 10.1. The fourth-order valence-corrected chi connectivity index (χ4v) is 1.71. The van der Waals surface area contributed by atoms with Crippen molar-refractivity contribution < 1.29 is 9.53 Å². The van der Waals surface area contributed by atoms with E-state index in [0.717, 1.165) is 19.3 Å². The zero-order valence-corrected chi connectivity index (χ0v) is 11.5. The molecule has 0 aromatic carbocycles. The summed E-state index contributed by atoms with van der Waals surface area (Å²) in [7, 11) is 0. The van der Waals surface area contributed by atoms with Gasteiger partial charge in [-0.15, -0.1) is 0 Å². The molecule has 0 amide bonds. The standard InChI is InChI=1S/C14H29NO2/c1-3-4-5-6-7-8-12-17-14(16)11-9-10-13(2)15/h13H,3-12,15H2,1-2H3. The maximum Gasteiger partial charge on any atom is 0.305 e. The summed E-state index contributed by atoms with van der Waals surface area (Å²) >= 11 is 0. The maximum atomic E-state index is 11.3. The van der Waals surface area contributed by atoms with Gasteiger partial charge in [-0.2, -0.15) is 0 Å². The molecule has 0 saturated heterocycles. The predicted molar refractivity (Wildman–Crippen MR) is 71.8 cm³/mol. The first-order chi connectivity index (χ1) is 8.16. The minimum absolute atomic E-state index is 0.0702. The van der Waals surface area contributed by atoms with Crippen LogP contribution < -0.4 is 5.73 Å². The van der Waals surface area contributed by atoms with E-state index in [2.05, 4.69) is 6.92 Å². The van der Waals surface area contributed by atoms with Crippen LogP contribution in [-0.2, 0) is 9.53 Å². The molecular weight excluding hydrogens is 214 g/mol. The third kappa shape index (κ3) is 13.4. The Morgan fingerprint density at radius 2 is 1.76 bits per heavy atom. The Bertz CT molecular complexity index is 181. The first-order valence-electron chi connectivity index (χ1n) is 7.08. The molecule has 0 aromatic rings. The maximum absolute atomic E-state index is 11.3. The van der Waals surface area contributed by atoms with E-state index in [4.69, 9.17) is 10.5 Å². The largest absolute Gasteiger partial charge is 0.466 e. The summed E-state index contributed by atoms with van der Waals surface area (Å²) in [6.45, 7) is 4.76. The first-order valence-corrected chi connectivity index (χ1v) is 7.08. The van der Waals surface area contributed by atoms with Crippen LogP contribution in [0.1, 0.15) is 71.6 Å². The van der Waals surface area contributed by atoms with E-state index >= 15 is 0 Å². The number of unbranched alkanes of at least 4 members (excludes halogenated alkanes) is 5. The van der Waals surface area contributed by atoms with Gasteiger partial charge in [-0.1, -0.05) is 39.0 Å². The van der Waals surface area contributed by atoms with Crippen molar-refractivity contribution in [2.45, 2.75) is 77.7 Å². The second kappa shape index (κ2) is 11.9. The van der Waals surface area contributed by atoms with Gasteiger partial charge in [0.05, 0.1) is 6.61 Å². The normalized spacial score (nSPS) is 12.4. The van der Waals surface area contributed by atoms with Crippen LogP contribution >= 0.6 is 0 Å². The summed E-state index contributed by atoms with van der Waals surface area (Å²) in [5.74, 6) is -0.0702. The summed E-state index contributed by atoms with van der Waals surface area (Å²) in [6, 6.07) is 0.182. The Morgan fingerprint density at radius 1 is 1.12 bits per heavy atom. The zero-order valence-electron chi connectivity index (χ0n) is 11.5. The molecule has 102 valence electrons. The fraction of sp³-hybridized carbons (Fsp3) is 0.929. The minimum atomic E-state index is -0.0702. The number of nitrogens with two attached hydrogens (primary N) is 1. The second-order valence-corrected chi connectivity index (χ2v) is 4.86. The number of rotatable bonds is 11. The van der Waals surface area contributed by atoms with Gasteiger partial charge in [0, 0.05) is 12.5 Å². The van der Waals surface area contributed by atoms with Crippen molar-refractivity contribution >= 4 is 5.97 Å². The lowest BCUT2D eigenvalue weighted by molar-refractivity contribution is -0.143. The summed E-state index contributed by atoms with van der Waals surface area (Å²) < 4.78 is 5.15. The van der Waals surface area contributed by atoms with Gasteiger partial charge in [0.2, 0.25) is 0 Å². The number of hydrogen-bond acceptors (Lipinski definition) is 3. The van der Waals surface area contributed by atoms with Crippen LogP contribution in [0.2, 0.25) is 0 Å². The van der Waals surface area contributed by atoms with Crippen LogP contribution in [0.5, 0.6) is 0 Å². The van der Waals surface area contributed by atoms with Gasteiger partial charge < -0.3 is 10.5 Å². The molecule has 0 bridgehead atoms. The molecule has 0 aliphatic rings. The summed E-state index contributed by atoms with van der Waals surface area (Å²) in [4.78, 5) is 11.3. The molecule has 17 heavy (non-hydrogen) atoms. The van der Waals surface area contributed by atoms with Gasteiger partial charge in [-0.25, -0.2) is 0 Å². The van der Waals surface area contributed by atoms with Gasteiger partial charge in [0.15, 0.2) is 0 Å². The van der Waals surface area contributed by atoms with Gasteiger partial charge in [0.1, 0.15) is 0 Å². The highest BCUT2D eigenvalue weighted by Gasteiger charge is 2.03. The smallest absolute Gasteiger partial charge is 0.305 e. The predicted octanol–water partition coefficient (Wildman–Crippen LogP) is 3.41. The Morgan fingerprint density at radius 3 is 2.41 bits per heavy atom. The number of ether oxygens (including phenoxy) is 1. The Kier molecular flexibility index (Phi) is 11.5. The molecule has 0 aliphatic carbocycles. The molecule has 0 aliphatic heterocycles. The van der Waals surface area contributed by atoms with Crippen molar-refractivity contribution in [2.75, 3.05) is 6.61 Å². The molecule has 0 spiro atoms. The number of carbonyl (C=O) groups is 1. The fourth-order valence-electron chi connectivity index (χ4n) is 1.71. The van der Waals surface area contributed by atoms with Gasteiger partial charge in [0.25, 0.3) is 0 Å². The van der Waals surface area contributed by atoms with Crippen LogP contribution in [0.25, 0.3) is 0 Å². The van der Waals surface area contributed by atoms with Gasteiger partial charge in [-0.05, 0) is 26.2 Å². The highest BCUT2D eigenvalue weighted by molar-refractivity contribution is 5.69. The third-order valence-corrected chi connectivity index (χ3v) is 2.80. The zero-order chi connectivity index (χ0) is 12.9. The topological polar surface area (TPSA) is 52.3 Å². The van der Waals surface area contributed by atoms with Crippen molar-refractivity contribution in [3.8, 4) is 0 Å². The van der Waals surface area contributed by atoms with E-state index in [-0.39, 0.29) is 12.0 Å². The number of carbonyl (C=O) groups excluding carboxylic acids is 1. The molecule has 3 heteroatoms. The van der Waals surface area contributed by atoms with Crippen molar-refractivity contribution in [1.82, 2.24) is 0 Å². The third-order valence-electron chi connectivity index (χ3n) is 2.80. The van der Waals surface area contributed by atoms with Crippen LogP contribution in [-0.4, -0.2) is 18.6 Å². The van der Waals surface area contributed by atoms with E-state index in [1.165, 1.54) is 32.1 Å². The Balaban J connectivity index is 3.16. The van der Waals surface area contributed by atoms with Gasteiger partial charge in [-0.3, -0.25) is 4.79 Å². The molecule has 0 radical (unpaired) electrons. The van der Waals surface area contributed by atoms with Crippen molar-refractivity contribution in [2.24, 2.45) is 5.73 Å². The molecule has 0 rings (SSSR count). The molecular formula is C14H29NO2. The lowest BCUT2D eigenvalue weighted by Crippen LogP contribution is -2.15. The average Bonchev–Trinajstić information content (AvgIpc) is 2.27. The number of esters is 1. The van der Waals surface area contributed by atoms with Crippen LogP contribution in [0.4, 0.5) is 0 Å². The van der Waals surface area contributed by atoms with Crippen LogP contribution in [0.3, 0.4) is 0 Å². The molecule has 0 heterocycles. The highest BCUT2D eigenvalue weighted by atomic mass is 16.5. The average molecular weight is 243 g/mol. The van der Waals surface area contributed by atoms with Crippen LogP contribution in [0.15, 0.2) is 0 Å². The molecule has 0 saturated carbocycles. The van der Waals surface area contributed by atoms with Gasteiger partial charge >= 0.3 is 5.97 Å². The van der Waals surface area contributed by atoms with E-state index in [9.17, 15) is 4.79 Å². The Labute approximate surface area is 106 Å². The molecule has 1 unspecified atom stereocenters. The summed E-state index contributed by atoms with van der Waals surface area (Å²) in [5, 5.41) is 0. The monoisotopic (exact) mass is 243 g/mol. The van der Waals surface area contributed by atoms with Crippen LogP contribution in [0, 0.1) is 0 Å². The van der Waals surface area contributed by atoms with Crippen molar-refractivity contribution in [3.63, 3.8) is 0 Å². The number of hydrogen-bond donors (Lipinski definition) is 1.